The van der Waals surface area contributed by atoms with Gasteiger partial charge >= 0.3 is 6.09 Å². The molecule has 3 heterocycles. The molecule has 1 saturated carbocycles. The highest BCUT2D eigenvalue weighted by molar-refractivity contribution is 6.05. The summed E-state index contributed by atoms with van der Waals surface area (Å²) in [6, 6.07) is 2.14. The zero-order valence-electron chi connectivity index (χ0n) is 20.4. The van der Waals surface area contributed by atoms with Crippen LogP contribution < -0.4 is 10.6 Å². The van der Waals surface area contributed by atoms with Gasteiger partial charge in [0, 0.05) is 56.9 Å². The number of benzene rings is 1. The van der Waals surface area contributed by atoms with E-state index in [2.05, 4.69) is 10.6 Å². The van der Waals surface area contributed by atoms with E-state index in [9.17, 15) is 32.8 Å². The molecule has 1 atom stereocenters. The molecule has 13 heteroatoms. The van der Waals surface area contributed by atoms with E-state index in [-0.39, 0.29) is 87.7 Å². The number of amides is 5. The van der Waals surface area contributed by atoms with Crippen LogP contribution in [0.1, 0.15) is 60.0 Å². The zero-order chi connectivity index (χ0) is 27.2. The van der Waals surface area contributed by atoms with Gasteiger partial charge in [-0.1, -0.05) is 12.1 Å². The van der Waals surface area contributed by atoms with Gasteiger partial charge in [-0.25, -0.2) is 18.0 Å². The van der Waals surface area contributed by atoms with Crippen LogP contribution in [0.5, 0.6) is 0 Å². The molecule has 0 radical (unpaired) electrons. The summed E-state index contributed by atoms with van der Waals surface area (Å²) in [5.41, 5.74) is 0.298. The van der Waals surface area contributed by atoms with Gasteiger partial charge in [-0.3, -0.25) is 24.5 Å². The van der Waals surface area contributed by atoms with Crippen LogP contribution in [0.3, 0.4) is 0 Å². The summed E-state index contributed by atoms with van der Waals surface area (Å²) in [7, 11) is 0. The maximum atomic E-state index is 15.2. The third-order valence-corrected chi connectivity index (χ3v) is 7.66. The number of rotatable bonds is 5. The Morgan fingerprint density at radius 2 is 1.84 bits per heavy atom. The first-order valence-electron chi connectivity index (χ1n) is 12.6. The first kappa shape index (κ1) is 26.0. The second-order valence-corrected chi connectivity index (χ2v) is 10.2. The standard InChI is InChI=1S/C25H27F3N4O6/c26-20-13(1-2-14-12-32(23(36)19(14)20)17-3-4-18(33)30-21(17)34)11-29-24(37)38-16-9-15(10-16)22(35)31-7-5-25(27,28)6-8-31/h1-2,15-17H,3-12H2,(H,29,37)(H,30,33,34)/t15?,16?,17-/m1/s1. The Morgan fingerprint density at radius 3 is 2.53 bits per heavy atom. The lowest BCUT2D eigenvalue weighted by Gasteiger charge is -2.39. The second-order valence-electron chi connectivity index (χ2n) is 10.2. The fraction of sp³-hybridized carbons (Fsp3) is 0.560. The van der Waals surface area contributed by atoms with Crippen LogP contribution in [0, 0.1) is 11.7 Å². The second kappa shape index (κ2) is 9.91. The molecule has 38 heavy (non-hydrogen) atoms. The number of carbonyl (C=O) groups excluding carboxylic acids is 5. The lowest BCUT2D eigenvalue weighted by Crippen LogP contribution is -2.52. The van der Waals surface area contributed by atoms with E-state index in [1.54, 1.807) is 6.07 Å². The highest BCUT2D eigenvalue weighted by Crippen LogP contribution is 2.35. The van der Waals surface area contributed by atoms with Crippen molar-refractivity contribution >= 4 is 29.7 Å². The van der Waals surface area contributed by atoms with Crippen molar-refractivity contribution in [1.82, 2.24) is 20.4 Å². The smallest absolute Gasteiger partial charge is 0.407 e. The first-order chi connectivity index (χ1) is 18.0. The molecule has 3 aliphatic heterocycles. The number of imide groups is 1. The minimum absolute atomic E-state index is 0.00841. The van der Waals surface area contributed by atoms with Crippen LogP contribution in [0.4, 0.5) is 18.0 Å². The van der Waals surface area contributed by atoms with E-state index in [4.69, 9.17) is 4.74 Å². The van der Waals surface area contributed by atoms with Gasteiger partial charge in [-0.2, -0.15) is 0 Å². The number of hydrogen-bond acceptors (Lipinski definition) is 6. The summed E-state index contributed by atoms with van der Waals surface area (Å²) in [6.07, 6.45) is -1.20. The Labute approximate surface area is 215 Å². The summed E-state index contributed by atoms with van der Waals surface area (Å²) in [6.45, 7) is -0.196. The Kier molecular flexibility index (Phi) is 6.78. The van der Waals surface area contributed by atoms with Gasteiger partial charge < -0.3 is 19.9 Å². The van der Waals surface area contributed by atoms with E-state index >= 15 is 4.39 Å². The molecular weight excluding hydrogens is 509 g/mol. The number of piperidine rings is 2. The normalized spacial score (nSPS) is 26.4. The maximum Gasteiger partial charge on any atom is 0.407 e. The molecule has 0 spiro atoms. The van der Waals surface area contributed by atoms with Crippen molar-refractivity contribution in [2.45, 2.75) is 69.7 Å². The number of likely N-dealkylation sites (tertiary alicyclic amines) is 1. The van der Waals surface area contributed by atoms with Gasteiger partial charge in [-0.15, -0.1) is 0 Å². The predicted octanol–water partition coefficient (Wildman–Crippen LogP) is 1.85. The van der Waals surface area contributed by atoms with Crippen LogP contribution in [0.2, 0.25) is 0 Å². The molecule has 2 saturated heterocycles. The fourth-order valence-electron chi connectivity index (χ4n) is 5.33. The average molecular weight is 537 g/mol. The number of carbonyl (C=O) groups is 5. The largest absolute Gasteiger partial charge is 0.446 e. The minimum atomic E-state index is -2.74. The number of alkyl halides is 2. The summed E-state index contributed by atoms with van der Waals surface area (Å²) < 4.78 is 47.1. The molecule has 0 aromatic heterocycles. The van der Waals surface area contributed by atoms with Gasteiger partial charge in [0.1, 0.15) is 18.0 Å². The highest BCUT2D eigenvalue weighted by Gasteiger charge is 2.43. The summed E-state index contributed by atoms with van der Waals surface area (Å²) in [4.78, 5) is 63.8. The molecule has 5 amide bonds. The lowest BCUT2D eigenvalue weighted by molar-refractivity contribution is -0.148. The average Bonchev–Trinajstić information content (AvgIpc) is 3.17. The Hall–Kier alpha value is -3.64. The summed E-state index contributed by atoms with van der Waals surface area (Å²) in [5, 5.41) is 4.63. The Balaban J connectivity index is 1.10. The number of ether oxygens (including phenoxy) is 1. The zero-order valence-corrected chi connectivity index (χ0v) is 20.4. The fourth-order valence-corrected chi connectivity index (χ4v) is 5.33. The Bertz CT molecular complexity index is 1190. The highest BCUT2D eigenvalue weighted by atomic mass is 19.3. The molecule has 0 unspecified atom stereocenters. The molecule has 1 aromatic rings. The predicted molar refractivity (Wildman–Crippen MR) is 123 cm³/mol. The van der Waals surface area contributed by atoms with Crippen LogP contribution >= 0.6 is 0 Å². The number of nitrogens with zero attached hydrogens (tertiary/aromatic N) is 2. The van der Waals surface area contributed by atoms with E-state index in [0.717, 1.165) is 0 Å². The third kappa shape index (κ3) is 5.05. The number of hydrogen-bond donors (Lipinski definition) is 2. The molecule has 5 rings (SSSR count). The van der Waals surface area contributed by atoms with E-state index in [1.807, 2.05) is 0 Å². The monoisotopic (exact) mass is 536 g/mol. The molecule has 10 nitrogen and oxygen atoms in total. The SMILES string of the molecule is O=C1CC[C@@H](N2Cc3ccc(CNC(=O)OC4CC(C(=O)N5CCC(F)(F)CC5)C4)c(F)c3C2=O)C(=O)N1. The molecule has 0 bridgehead atoms. The molecule has 4 aliphatic rings. The molecule has 3 fully saturated rings. The van der Waals surface area contributed by atoms with Gasteiger partial charge in [0.05, 0.1) is 5.56 Å². The van der Waals surface area contributed by atoms with Crippen molar-refractivity contribution in [3.05, 3.63) is 34.6 Å². The van der Waals surface area contributed by atoms with Crippen LogP contribution in [0.15, 0.2) is 12.1 Å². The molecule has 204 valence electrons. The van der Waals surface area contributed by atoms with E-state index in [0.29, 0.717) is 5.56 Å². The molecule has 1 aliphatic carbocycles. The minimum Gasteiger partial charge on any atom is -0.446 e. The molecule has 2 N–H and O–H groups in total. The van der Waals surface area contributed by atoms with E-state index < -0.39 is 47.7 Å². The van der Waals surface area contributed by atoms with Gasteiger partial charge in [0.2, 0.25) is 17.7 Å². The van der Waals surface area contributed by atoms with Crippen molar-refractivity contribution < 1.29 is 41.9 Å². The number of fused-ring (bicyclic) bond motifs is 1. The van der Waals surface area contributed by atoms with E-state index in [1.165, 1.54) is 15.9 Å². The van der Waals surface area contributed by atoms with Crippen molar-refractivity contribution in [2.75, 3.05) is 13.1 Å². The van der Waals surface area contributed by atoms with Crippen LogP contribution in [-0.2, 0) is 32.2 Å². The van der Waals surface area contributed by atoms with Gasteiger partial charge in [0.25, 0.3) is 11.8 Å². The Morgan fingerprint density at radius 1 is 1.13 bits per heavy atom. The summed E-state index contributed by atoms with van der Waals surface area (Å²) in [5.74, 6) is -5.80. The quantitative estimate of drug-likeness (QED) is 0.554. The molecular formula is C25H27F3N4O6. The van der Waals surface area contributed by atoms with Crippen molar-refractivity contribution in [3.63, 3.8) is 0 Å². The third-order valence-electron chi connectivity index (χ3n) is 7.66. The number of halogens is 3. The molecule has 1 aromatic carbocycles. The summed E-state index contributed by atoms with van der Waals surface area (Å²) >= 11 is 0. The topological polar surface area (TPSA) is 125 Å². The van der Waals surface area contributed by atoms with Crippen LogP contribution in [-0.4, -0.2) is 70.7 Å². The number of alkyl carbamates (subject to hydrolysis) is 1. The first-order valence-corrected chi connectivity index (χ1v) is 12.6. The maximum absolute atomic E-state index is 15.2. The van der Waals surface area contributed by atoms with Gasteiger partial charge in [0.15, 0.2) is 0 Å². The van der Waals surface area contributed by atoms with Gasteiger partial charge in [-0.05, 0) is 24.8 Å². The van der Waals surface area contributed by atoms with Crippen molar-refractivity contribution in [1.29, 1.82) is 0 Å². The van der Waals surface area contributed by atoms with Crippen molar-refractivity contribution in [3.8, 4) is 0 Å². The lowest BCUT2D eigenvalue weighted by atomic mass is 9.81. The van der Waals surface area contributed by atoms with Crippen LogP contribution in [0.25, 0.3) is 0 Å². The van der Waals surface area contributed by atoms with Crippen molar-refractivity contribution in [2.24, 2.45) is 5.92 Å². The number of nitrogens with one attached hydrogen (secondary N) is 2.